The third-order valence-electron chi connectivity index (χ3n) is 5.22. The van der Waals surface area contributed by atoms with E-state index in [1.54, 1.807) is 6.92 Å². The molecule has 0 spiro atoms. The fraction of sp³-hybridized carbons (Fsp3) is 0.333. The Morgan fingerprint density at radius 3 is 2.33 bits per heavy atom. The molecule has 3 aromatic rings. The molecule has 1 aromatic heterocycles. The van der Waals surface area contributed by atoms with E-state index >= 15 is 0 Å². The van der Waals surface area contributed by atoms with Crippen molar-refractivity contribution in [1.29, 1.82) is 0 Å². The molecule has 4 rings (SSSR count). The van der Waals surface area contributed by atoms with Gasteiger partial charge in [0.05, 0.1) is 5.56 Å². The largest absolute Gasteiger partial charge is 0.489 e. The first-order valence-corrected chi connectivity index (χ1v) is 7.65. The predicted molar refractivity (Wildman–Crippen MR) is 88.6 cm³/mol. The molecule has 0 saturated carbocycles. The molecule has 124 valence electrons. The molecule has 0 amide bonds. The van der Waals surface area contributed by atoms with Crippen LogP contribution < -0.4 is 15.6 Å². The second-order valence-corrected chi connectivity index (χ2v) is 6.92. The summed E-state index contributed by atoms with van der Waals surface area (Å²) in [6.07, 6.45) is -0.255. The Morgan fingerprint density at radius 1 is 1.04 bits per heavy atom. The second kappa shape index (κ2) is 4.20. The van der Waals surface area contributed by atoms with Crippen LogP contribution in [0.3, 0.4) is 0 Å². The molecule has 0 bridgehead atoms. The van der Waals surface area contributed by atoms with Gasteiger partial charge in [0.1, 0.15) is 22.6 Å². The SMILES string of the molecule is Cc1cc(=O)c2c(O)oc(O)c3c(=O)c4c(c1c23)OC(C)C4(C)C. The van der Waals surface area contributed by atoms with Gasteiger partial charge in [-0.3, -0.25) is 9.59 Å². The van der Waals surface area contributed by atoms with Crippen molar-refractivity contribution in [2.75, 3.05) is 0 Å². The zero-order valence-electron chi connectivity index (χ0n) is 13.7. The number of fused-ring (bicyclic) bond motifs is 2. The molecule has 2 aromatic carbocycles. The van der Waals surface area contributed by atoms with Gasteiger partial charge in [0.2, 0.25) is 5.43 Å². The minimum atomic E-state index is -0.709. The van der Waals surface area contributed by atoms with Crippen LogP contribution in [-0.4, -0.2) is 16.3 Å². The molecule has 0 aliphatic carbocycles. The molecule has 6 nitrogen and oxygen atoms in total. The molecule has 0 fully saturated rings. The maximum Gasteiger partial charge on any atom is 0.296 e. The van der Waals surface area contributed by atoms with Gasteiger partial charge in [-0.15, -0.1) is 0 Å². The Kier molecular flexibility index (Phi) is 2.59. The smallest absolute Gasteiger partial charge is 0.296 e. The molecule has 1 aliphatic rings. The number of ether oxygens (including phenoxy) is 1. The first-order valence-electron chi connectivity index (χ1n) is 7.65. The maximum absolute atomic E-state index is 13.1. The molecular weight excluding hydrogens is 312 g/mol. The lowest BCUT2D eigenvalue weighted by Gasteiger charge is -2.21. The normalized spacial score (nSPS) is 18.9. The van der Waals surface area contributed by atoms with E-state index in [1.807, 2.05) is 20.8 Å². The topological polar surface area (TPSA) is 97.0 Å². The molecular formula is C18H16O6. The molecule has 1 unspecified atom stereocenters. The molecule has 24 heavy (non-hydrogen) atoms. The highest BCUT2D eigenvalue weighted by Crippen LogP contribution is 2.49. The second-order valence-electron chi connectivity index (χ2n) is 6.92. The van der Waals surface area contributed by atoms with Crippen molar-refractivity contribution in [2.45, 2.75) is 39.2 Å². The summed E-state index contributed by atoms with van der Waals surface area (Å²) in [6.45, 7) is 7.39. The predicted octanol–water partition coefficient (Wildman–Crippen LogP) is 2.52. The molecule has 0 saturated heterocycles. The highest BCUT2D eigenvalue weighted by atomic mass is 16.5. The Bertz CT molecular complexity index is 1140. The number of rotatable bonds is 0. The first-order chi connectivity index (χ1) is 11.2. The van der Waals surface area contributed by atoms with E-state index in [9.17, 15) is 19.8 Å². The summed E-state index contributed by atoms with van der Waals surface area (Å²) in [4.78, 5) is 25.4. The fourth-order valence-corrected chi connectivity index (χ4v) is 3.64. The van der Waals surface area contributed by atoms with E-state index in [4.69, 9.17) is 9.15 Å². The summed E-state index contributed by atoms with van der Waals surface area (Å²) in [6, 6.07) is 1.37. The molecule has 1 aliphatic heterocycles. The lowest BCUT2D eigenvalue weighted by Crippen LogP contribution is -2.32. The Hall–Kier alpha value is -2.76. The third kappa shape index (κ3) is 1.50. The van der Waals surface area contributed by atoms with Gasteiger partial charge in [-0.1, -0.05) is 13.8 Å². The van der Waals surface area contributed by atoms with Gasteiger partial charge >= 0.3 is 0 Å². The number of hydrogen-bond acceptors (Lipinski definition) is 6. The van der Waals surface area contributed by atoms with Gasteiger partial charge in [-0.25, -0.2) is 0 Å². The van der Waals surface area contributed by atoms with Gasteiger partial charge in [0.15, 0.2) is 5.43 Å². The summed E-state index contributed by atoms with van der Waals surface area (Å²) in [5.41, 5.74) is -0.423. The van der Waals surface area contributed by atoms with Crippen LogP contribution in [0.2, 0.25) is 0 Å². The molecule has 6 heteroatoms. The monoisotopic (exact) mass is 328 g/mol. The zero-order chi connectivity index (χ0) is 17.5. The van der Waals surface area contributed by atoms with E-state index in [1.165, 1.54) is 6.07 Å². The Morgan fingerprint density at radius 2 is 1.67 bits per heavy atom. The van der Waals surface area contributed by atoms with Crippen LogP contribution in [0.25, 0.3) is 21.5 Å². The van der Waals surface area contributed by atoms with Crippen LogP contribution in [0.5, 0.6) is 17.6 Å². The van der Waals surface area contributed by atoms with Gasteiger partial charge in [-0.05, 0) is 25.5 Å². The van der Waals surface area contributed by atoms with Gasteiger partial charge in [0.25, 0.3) is 11.9 Å². The number of aromatic hydroxyl groups is 2. The highest BCUT2D eigenvalue weighted by molar-refractivity contribution is 6.16. The minimum Gasteiger partial charge on any atom is -0.489 e. The van der Waals surface area contributed by atoms with Crippen molar-refractivity contribution in [3.63, 3.8) is 0 Å². The van der Waals surface area contributed by atoms with Crippen LogP contribution >= 0.6 is 0 Å². The first kappa shape index (κ1) is 14.8. The number of aryl methyl sites for hydroxylation is 1. The van der Waals surface area contributed by atoms with Crippen molar-refractivity contribution in [1.82, 2.24) is 0 Å². The highest BCUT2D eigenvalue weighted by Gasteiger charge is 2.44. The fourth-order valence-electron chi connectivity index (χ4n) is 3.64. The average molecular weight is 328 g/mol. The minimum absolute atomic E-state index is 0.0943. The lowest BCUT2D eigenvalue weighted by molar-refractivity contribution is 0.187. The summed E-state index contributed by atoms with van der Waals surface area (Å²) < 4.78 is 10.8. The van der Waals surface area contributed by atoms with Crippen LogP contribution in [-0.2, 0) is 5.41 Å². The molecule has 0 radical (unpaired) electrons. The van der Waals surface area contributed by atoms with Crippen molar-refractivity contribution >= 4 is 21.5 Å². The van der Waals surface area contributed by atoms with Gasteiger partial charge < -0.3 is 19.4 Å². The van der Waals surface area contributed by atoms with Crippen molar-refractivity contribution in [2.24, 2.45) is 0 Å². The number of hydrogen-bond donors (Lipinski definition) is 2. The maximum atomic E-state index is 13.1. The summed E-state index contributed by atoms with van der Waals surface area (Å²) in [5.74, 6) is -0.990. The van der Waals surface area contributed by atoms with E-state index in [-0.39, 0.29) is 22.3 Å². The lowest BCUT2D eigenvalue weighted by atomic mass is 9.79. The van der Waals surface area contributed by atoms with Crippen molar-refractivity contribution < 1.29 is 19.4 Å². The average Bonchev–Trinajstić information content (AvgIpc) is 2.68. The standard InChI is InChI=1S/C18H16O6/c1-6-5-8(19)10-11-9(6)15-13(18(3,4)7(2)23-15)14(20)12(11)17(22)24-16(10)21/h5,7,21-22H,1-4H3. The summed E-state index contributed by atoms with van der Waals surface area (Å²) in [5, 5.41) is 20.6. The molecule has 1 atom stereocenters. The van der Waals surface area contributed by atoms with Crippen molar-refractivity contribution in [3.05, 3.63) is 37.6 Å². The van der Waals surface area contributed by atoms with Crippen LogP contribution in [0.1, 0.15) is 31.9 Å². The summed E-state index contributed by atoms with van der Waals surface area (Å²) in [7, 11) is 0. The van der Waals surface area contributed by atoms with Crippen LogP contribution in [0.15, 0.2) is 20.1 Å². The van der Waals surface area contributed by atoms with E-state index in [2.05, 4.69) is 0 Å². The van der Waals surface area contributed by atoms with Crippen LogP contribution in [0.4, 0.5) is 0 Å². The van der Waals surface area contributed by atoms with E-state index in [0.717, 1.165) is 0 Å². The Labute approximate surface area is 136 Å². The number of benzene rings is 2. The third-order valence-corrected chi connectivity index (χ3v) is 5.22. The molecule has 2 heterocycles. The summed E-state index contributed by atoms with van der Waals surface area (Å²) >= 11 is 0. The Balaban J connectivity index is 2.45. The quantitative estimate of drug-likeness (QED) is 0.658. The van der Waals surface area contributed by atoms with Gasteiger partial charge in [-0.2, -0.15) is 0 Å². The van der Waals surface area contributed by atoms with E-state index in [0.29, 0.717) is 22.3 Å². The van der Waals surface area contributed by atoms with E-state index < -0.39 is 28.2 Å². The van der Waals surface area contributed by atoms with Crippen molar-refractivity contribution in [3.8, 4) is 17.6 Å². The zero-order valence-corrected chi connectivity index (χ0v) is 13.7. The van der Waals surface area contributed by atoms with Crippen LogP contribution in [0, 0.1) is 6.92 Å². The molecule has 2 N–H and O–H groups in total. The van der Waals surface area contributed by atoms with Gasteiger partial charge in [0, 0.05) is 16.2 Å².